The number of ketones is 1. The third kappa shape index (κ3) is 3.53. The van der Waals surface area contributed by atoms with Gasteiger partial charge < -0.3 is 20.5 Å². The molecule has 7 nitrogen and oxygen atoms in total. The van der Waals surface area contributed by atoms with Crippen molar-refractivity contribution < 1.29 is 23.8 Å². The van der Waals surface area contributed by atoms with Crippen LogP contribution in [0.1, 0.15) is 64.2 Å². The van der Waals surface area contributed by atoms with Crippen molar-refractivity contribution in [3.63, 3.8) is 0 Å². The van der Waals surface area contributed by atoms with Crippen molar-refractivity contribution in [2.24, 2.45) is 35.3 Å². The topological polar surface area (TPSA) is 96.1 Å². The van der Waals surface area contributed by atoms with E-state index in [1.54, 1.807) is 6.20 Å². The van der Waals surface area contributed by atoms with Gasteiger partial charge in [0.25, 0.3) is 0 Å². The minimum absolute atomic E-state index is 0.0368. The number of ether oxygens (including phenoxy) is 1. The number of carbonyl (C=O) groups excluding carboxylic acids is 1. The number of likely N-dealkylation sites (tertiary alicyclic amines) is 1. The lowest BCUT2D eigenvalue weighted by Gasteiger charge is -2.62. The molecule has 0 amide bonds. The van der Waals surface area contributed by atoms with Gasteiger partial charge in [-0.1, -0.05) is 19.3 Å². The Bertz CT molecular complexity index is 959. The molecule has 11 unspecified atom stereocenters. The molecule has 4 aliphatic carbocycles. The number of Topliss-reactive ketones (excluding diaryl/α,β-unsaturated/α-hetero) is 1. The summed E-state index contributed by atoms with van der Waals surface area (Å²) < 4.78 is 22.8. The van der Waals surface area contributed by atoms with Crippen LogP contribution in [0.4, 0.5) is 4.39 Å². The van der Waals surface area contributed by atoms with Crippen molar-refractivity contribution in [3.8, 4) is 0 Å². The summed E-state index contributed by atoms with van der Waals surface area (Å²) >= 11 is 0. The van der Waals surface area contributed by atoms with Gasteiger partial charge >= 0.3 is 5.97 Å². The third-order valence-electron chi connectivity index (χ3n) is 11.3. The van der Waals surface area contributed by atoms with Gasteiger partial charge in [-0.05, 0) is 68.6 Å². The number of carboxylic acids is 1. The van der Waals surface area contributed by atoms with E-state index in [0.29, 0.717) is 18.4 Å². The summed E-state index contributed by atoms with van der Waals surface area (Å²) in [5.74, 6) is 0.606. The van der Waals surface area contributed by atoms with Crippen molar-refractivity contribution in [1.82, 2.24) is 9.80 Å². The lowest BCUT2D eigenvalue weighted by atomic mass is 9.56. The number of alkyl halides is 1. The summed E-state index contributed by atoms with van der Waals surface area (Å²) in [6.07, 6.45) is 10.7. The number of nitrogens with zero attached hydrogens (tertiary/aromatic N) is 2. The summed E-state index contributed by atoms with van der Waals surface area (Å²) in [6, 6.07) is -0.620. The molecule has 0 aromatic heterocycles. The molecule has 3 aliphatic heterocycles. The van der Waals surface area contributed by atoms with Crippen molar-refractivity contribution in [3.05, 3.63) is 11.8 Å². The van der Waals surface area contributed by atoms with Crippen LogP contribution in [-0.4, -0.2) is 82.3 Å². The minimum atomic E-state index is -1.23. The number of hydrogen-bond donors (Lipinski definition) is 2. The lowest BCUT2D eigenvalue weighted by Crippen LogP contribution is -2.73. The lowest BCUT2D eigenvalue weighted by molar-refractivity contribution is -0.224. The molecule has 0 spiro atoms. The Morgan fingerprint density at radius 2 is 1.83 bits per heavy atom. The summed E-state index contributed by atoms with van der Waals surface area (Å²) in [5.41, 5.74) is 6.03. The SMILES string of the molecule is N[C@@H]1CCN(C2C(F)CC3C(=O)C(C(=O)O)=CN4C5CC6CCC7CCCCC7C6CC5OC2C34)C1. The third-order valence-corrected chi connectivity index (χ3v) is 11.3. The first-order valence-electron chi connectivity index (χ1n) is 14.5. The molecule has 3 heterocycles. The number of fused-ring (bicyclic) bond motifs is 5. The standard InChI is InChI=1S/C28H40FN3O4/c29-21-10-19-24-27(25(21)31-8-7-16(30)12-31)36-23-11-18-15(6-5-14-3-1-2-4-17(14)18)9-22(23)32(24)13-20(26(19)33)28(34)35/h13-19,21-25,27H,1-12,30H2,(H,34,35)/t14?,15?,16-,17?,18?,19?,21?,22?,23?,24?,25?,27?/m1/s1. The van der Waals surface area contributed by atoms with Gasteiger partial charge in [-0.25, -0.2) is 9.18 Å². The number of carboxylic acid groups (broad SMARTS) is 1. The van der Waals surface area contributed by atoms with Crippen molar-refractivity contribution in [2.45, 2.75) is 107 Å². The van der Waals surface area contributed by atoms with Crippen LogP contribution >= 0.6 is 0 Å². The maximum Gasteiger partial charge on any atom is 0.340 e. The molecule has 7 rings (SSSR count). The maximum atomic E-state index is 15.9. The van der Waals surface area contributed by atoms with Crippen LogP contribution in [0.5, 0.6) is 0 Å². The van der Waals surface area contributed by atoms with E-state index >= 15 is 4.39 Å². The molecule has 12 atom stereocenters. The average molecular weight is 502 g/mol. The summed E-state index contributed by atoms with van der Waals surface area (Å²) in [6.45, 7) is 1.39. The quantitative estimate of drug-likeness (QED) is 0.562. The number of hydrogen-bond acceptors (Lipinski definition) is 6. The number of morpholine rings is 1. The van der Waals surface area contributed by atoms with E-state index in [9.17, 15) is 14.7 Å². The second-order valence-electron chi connectivity index (χ2n) is 12.9. The molecule has 4 saturated carbocycles. The maximum absolute atomic E-state index is 15.9. The summed E-state index contributed by atoms with van der Waals surface area (Å²) in [4.78, 5) is 29.7. The van der Waals surface area contributed by atoms with Gasteiger partial charge in [-0.2, -0.15) is 0 Å². The van der Waals surface area contributed by atoms with Gasteiger partial charge in [-0.3, -0.25) is 9.69 Å². The predicted molar refractivity (Wildman–Crippen MR) is 131 cm³/mol. The smallest absolute Gasteiger partial charge is 0.340 e. The Labute approximate surface area is 212 Å². The summed E-state index contributed by atoms with van der Waals surface area (Å²) in [7, 11) is 0. The van der Waals surface area contributed by atoms with Crippen LogP contribution in [0, 0.1) is 29.6 Å². The zero-order valence-corrected chi connectivity index (χ0v) is 21.0. The van der Waals surface area contributed by atoms with Gasteiger partial charge in [0, 0.05) is 31.2 Å². The highest BCUT2D eigenvalue weighted by atomic mass is 19.1. The molecule has 8 heteroatoms. The number of rotatable bonds is 2. The van der Waals surface area contributed by atoms with Crippen LogP contribution < -0.4 is 5.73 Å². The predicted octanol–water partition coefficient (Wildman–Crippen LogP) is 2.73. The number of halogens is 1. The van der Waals surface area contributed by atoms with Crippen LogP contribution in [0.2, 0.25) is 0 Å². The first kappa shape index (κ1) is 23.6. The van der Waals surface area contributed by atoms with Gasteiger partial charge in [0.05, 0.1) is 30.3 Å². The first-order valence-corrected chi connectivity index (χ1v) is 14.5. The molecule has 0 radical (unpaired) electrons. The monoisotopic (exact) mass is 501 g/mol. The van der Waals surface area contributed by atoms with Crippen LogP contribution in [0.15, 0.2) is 11.8 Å². The highest BCUT2D eigenvalue weighted by Crippen LogP contribution is 2.55. The molecule has 0 aromatic carbocycles. The van der Waals surface area contributed by atoms with E-state index < -0.39 is 36.0 Å². The molecule has 198 valence electrons. The zero-order chi connectivity index (χ0) is 24.7. The van der Waals surface area contributed by atoms with Crippen molar-refractivity contribution in [2.75, 3.05) is 13.1 Å². The molecule has 2 saturated heterocycles. The molecule has 6 fully saturated rings. The first-order chi connectivity index (χ1) is 17.4. The molecule has 0 aromatic rings. The van der Waals surface area contributed by atoms with Crippen LogP contribution in [0.3, 0.4) is 0 Å². The van der Waals surface area contributed by atoms with Gasteiger partial charge in [-0.15, -0.1) is 0 Å². The fraction of sp³-hybridized carbons (Fsp3) is 0.857. The molecule has 3 N–H and O–H groups in total. The molecular weight excluding hydrogens is 461 g/mol. The number of aliphatic carboxylic acids is 1. The van der Waals surface area contributed by atoms with Crippen LogP contribution in [-0.2, 0) is 14.3 Å². The van der Waals surface area contributed by atoms with E-state index in [0.717, 1.165) is 37.6 Å². The molecular formula is C28H40FN3O4. The zero-order valence-electron chi connectivity index (χ0n) is 21.0. The number of carbonyl (C=O) groups is 2. The van der Waals surface area contributed by atoms with Gasteiger partial charge in [0.1, 0.15) is 11.7 Å². The van der Waals surface area contributed by atoms with E-state index in [2.05, 4.69) is 9.80 Å². The van der Waals surface area contributed by atoms with Crippen molar-refractivity contribution in [1.29, 1.82) is 0 Å². The molecule has 0 bridgehead atoms. The van der Waals surface area contributed by atoms with Crippen LogP contribution in [0.25, 0.3) is 0 Å². The Morgan fingerprint density at radius 1 is 1.03 bits per heavy atom. The molecule has 7 aliphatic rings. The van der Waals surface area contributed by atoms with E-state index in [1.807, 2.05) is 0 Å². The Balaban J connectivity index is 1.25. The summed E-state index contributed by atoms with van der Waals surface area (Å²) in [5, 5.41) is 9.87. The highest BCUT2D eigenvalue weighted by molar-refractivity contribution is 6.18. The van der Waals surface area contributed by atoms with E-state index in [4.69, 9.17) is 10.5 Å². The Hall–Kier alpha value is -1.51. The Morgan fingerprint density at radius 3 is 2.61 bits per heavy atom. The average Bonchev–Trinajstić information content (AvgIpc) is 3.29. The fourth-order valence-corrected chi connectivity index (χ4v) is 9.82. The fourth-order valence-electron chi connectivity index (χ4n) is 9.82. The van der Waals surface area contributed by atoms with E-state index in [1.165, 1.54) is 38.5 Å². The largest absolute Gasteiger partial charge is 0.478 e. The van der Waals surface area contributed by atoms with Crippen molar-refractivity contribution >= 4 is 11.8 Å². The van der Waals surface area contributed by atoms with Gasteiger partial charge in [0.2, 0.25) is 0 Å². The Kier molecular flexibility index (Phi) is 5.75. The highest BCUT2D eigenvalue weighted by Gasteiger charge is 2.61. The minimum Gasteiger partial charge on any atom is -0.478 e. The number of nitrogens with two attached hydrogens (primary N) is 1. The second kappa shape index (κ2) is 8.77. The van der Waals surface area contributed by atoms with E-state index in [-0.39, 0.29) is 36.2 Å². The second-order valence-corrected chi connectivity index (χ2v) is 12.9. The molecule has 36 heavy (non-hydrogen) atoms. The van der Waals surface area contributed by atoms with Gasteiger partial charge in [0.15, 0.2) is 5.78 Å². The normalized spacial score (nSPS) is 50.4.